The fraction of sp³-hybridized carbons (Fsp3) is 0.250. The number of rotatable bonds is 6. The van der Waals surface area contributed by atoms with Gasteiger partial charge in [0.05, 0.1) is 19.8 Å². The van der Waals surface area contributed by atoms with Crippen LogP contribution in [0.1, 0.15) is 27.9 Å². The third kappa shape index (κ3) is 4.55. The number of nitrogens with one attached hydrogen (secondary N) is 1. The quantitative estimate of drug-likeness (QED) is 0.594. The molecule has 0 bridgehead atoms. The zero-order valence-corrected chi connectivity index (χ0v) is 19.6. The van der Waals surface area contributed by atoms with Crippen molar-refractivity contribution >= 4 is 17.7 Å². The molecule has 2 aliphatic heterocycles. The first-order valence-electron chi connectivity index (χ1n) is 11.5. The molecule has 0 aromatic heterocycles. The van der Waals surface area contributed by atoms with Gasteiger partial charge >= 0.3 is 0 Å². The second-order valence-electron chi connectivity index (χ2n) is 8.36. The Balaban J connectivity index is 1.27. The van der Waals surface area contributed by atoms with Crippen molar-refractivity contribution in [1.82, 2.24) is 5.32 Å². The predicted molar refractivity (Wildman–Crippen MR) is 133 cm³/mol. The molecule has 34 heavy (non-hydrogen) atoms. The van der Waals surface area contributed by atoms with E-state index in [0.29, 0.717) is 25.3 Å². The van der Waals surface area contributed by atoms with E-state index in [1.165, 1.54) is 0 Å². The summed E-state index contributed by atoms with van der Waals surface area (Å²) in [7, 11) is 0. The van der Waals surface area contributed by atoms with Crippen LogP contribution >= 0.6 is 11.8 Å². The highest BCUT2D eigenvalue weighted by Gasteiger charge is 2.46. The van der Waals surface area contributed by atoms with Crippen molar-refractivity contribution in [1.29, 1.82) is 0 Å². The van der Waals surface area contributed by atoms with Gasteiger partial charge in [-0.05, 0) is 42.2 Å². The topological polar surface area (TPSA) is 67.8 Å². The third-order valence-electron chi connectivity index (χ3n) is 6.14. The normalized spacial score (nSPS) is 20.5. The van der Waals surface area contributed by atoms with Gasteiger partial charge in [0.25, 0.3) is 5.91 Å². The first kappa shape index (κ1) is 22.9. The van der Waals surface area contributed by atoms with Crippen LogP contribution in [0.5, 0.6) is 0 Å². The molecule has 1 unspecified atom stereocenters. The summed E-state index contributed by atoms with van der Waals surface area (Å²) >= 11 is 1.68. The van der Waals surface area contributed by atoms with Crippen molar-refractivity contribution in [2.45, 2.75) is 22.0 Å². The van der Waals surface area contributed by atoms with E-state index in [9.17, 15) is 4.79 Å². The maximum absolute atomic E-state index is 13.0. The van der Waals surface area contributed by atoms with Gasteiger partial charge in [-0.15, -0.1) is 0 Å². The molecule has 2 N–H and O–H groups in total. The van der Waals surface area contributed by atoms with E-state index in [4.69, 9.17) is 14.6 Å². The molecule has 1 atom stereocenters. The van der Waals surface area contributed by atoms with E-state index in [1.807, 2.05) is 54.6 Å². The highest BCUT2D eigenvalue weighted by Crippen LogP contribution is 2.52. The Morgan fingerprint density at radius 3 is 2.74 bits per heavy atom. The number of aliphatic hydroxyl groups is 1. The van der Waals surface area contributed by atoms with Crippen LogP contribution in [0.2, 0.25) is 0 Å². The zero-order chi connectivity index (χ0) is 23.4. The molecule has 3 aliphatic rings. The molecule has 2 aromatic carbocycles. The van der Waals surface area contributed by atoms with Crippen LogP contribution in [-0.2, 0) is 15.3 Å². The van der Waals surface area contributed by atoms with E-state index < -0.39 is 5.79 Å². The number of hydrogen-bond acceptors (Lipinski definition) is 5. The number of carbonyl (C=O) groups is 1. The van der Waals surface area contributed by atoms with Crippen LogP contribution in [0.15, 0.2) is 100 Å². The Bertz CT molecular complexity index is 1190. The molecule has 2 aromatic rings. The number of fused-ring (bicyclic) bond motifs is 4. The van der Waals surface area contributed by atoms with Gasteiger partial charge in [-0.1, -0.05) is 72.5 Å². The smallest absolute Gasteiger partial charge is 0.251 e. The summed E-state index contributed by atoms with van der Waals surface area (Å²) in [6.07, 6.45) is 14.6. The lowest BCUT2D eigenvalue weighted by Gasteiger charge is -2.35. The maximum Gasteiger partial charge on any atom is 0.251 e. The molecular formula is C28H27NO4S. The minimum atomic E-state index is -0.944. The van der Waals surface area contributed by atoms with Crippen LogP contribution < -0.4 is 5.32 Å². The van der Waals surface area contributed by atoms with E-state index in [1.54, 1.807) is 17.8 Å². The van der Waals surface area contributed by atoms with Crippen molar-refractivity contribution in [2.24, 2.45) is 5.92 Å². The first-order valence-corrected chi connectivity index (χ1v) is 12.3. The molecule has 6 heteroatoms. The Morgan fingerprint density at radius 2 is 1.94 bits per heavy atom. The molecule has 1 amide bonds. The van der Waals surface area contributed by atoms with Crippen LogP contribution in [-0.4, -0.2) is 37.4 Å². The van der Waals surface area contributed by atoms with Gasteiger partial charge in [0.15, 0.2) is 0 Å². The standard InChI is InChI=1S/C28H27NO4S/c30-15-5-1-2-6-20-9-11-21(12-10-20)19-29-27(31)22-13-14-26-24(18-22)28(32-16-17-33-28)23-7-3-4-8-25(23)34-26/h1-11,13-14,18,21,30H,12,15-17,19H2,(H,29,31)/b5-1+,6-2+. The summed E-state index contributed by atoms with van der Waals surface area (Å²) in [6, 6.07) is 13.9. The fourth-order valence-electron chi connectivity index (χ4n) is 4.42. The van der Waals surface area contributed by atoms with Crippen LogP contribution in [0.25, 0.3) is 0 Å². The van der Waals surface area contributed by atoms with E-state index >= 15 is 0 Å². The fourth-order valence-corrected chi connectivity index (χ4v) is 5.56. The number of aliphatic hydroxyl groups excluding tert-OH is 1. The Morgan fingerprint density at radius 1 is 1.12 bits per heavy atom. The molecule has 1 aliphatic carbocycles. The summed E-state index contributed by atoms with van der Waals surface area (Å²) < 4.78 is 12.3. The van der Waals surface area contributed by atoms with Crippen LogP contribution in [0.3, 0.4) is 0 Å². The number of amides is 1. The van der Waals surface area contributed by atoms with Gasteiger partial charge in [-0.2, -0.15) is 0 Å². The molecule has 5 rings (SSSR count). The molecular weight excluding hydrogens is 446 g/mol. The summed E-state index contributed by atoms with van der Waals surface area (Å²) in [5.74, 6) is -0.792. The van der Waals surface area contributed by atoms with Gasteiger partial charge in [-0.3, -0.25) is 4.79 Å². The molecule has 174 valence electrons. The largest absolute Gasteiger partial charge is 0.392 e. The van der Waals surface area contributed by atoms with E-state index in [2.05, 4.69) is 29.6 Å². The van der Waals surface area contributed by atoms with Crippen molar-refractivity contribution in [3.63, 3.8) is 0 Å². The number of carbonyl (C=O) groups excluding carboxylic acids is 1. The van der Waals surface area contributed by atoms with Crippen molar-refractivity contribution in [2.75, 3.05) is 26.4 Å². The molecule has 2 heterocycles. The minimum Gasteiger partial charge on any atom is -0.392 e. The molecule has 1 spiro atoms. The lowest BCUT2D eigenvalue weighted by atomic mass is 9.94. The lowest BCUT2D eigenvalue weighted by molar-refractivity contribution is -0.134. The van der Waals surface area contributed by atoms with Gasteiger partial charge in [-0.25, -0.2) is 0 Å². The maximum atomic E-state index is 13.0. The van der Waals surface area contributed by atoms with Gasteiger partial charge < -0.3 is 19.9 Å². The van der Waals surface area contributed by atoms with Gasteiger partial charge in [0.2, 0.25) is 5.79 Å². The zero-order valence-electron chi connectivity index (χ0n) is 18.8. The minimum absolute atomic E-state index is 0.0401. The molecule has 0 radical (unpaired) electrons. The highest BCUT2D eigenvalue weighted by atomic mass is 32.2. The number of ether oxygens (including phenoxy) is 2. The summed E-state index contributed by atoms with van der Waals surface area (Å²) in [5.41, 5.74) is 3.62. The van der Waals surface area contributed by atoms with Crippen molar-refractivity contribution in [3.8, 4) is 0 Å². The molecule has 5 nitrogen and oxygen atoms in total. The number of hydrogen-bond donors (Lipinski definition) is 2. The third-order valence-corrected chi connectivity index (χ3v) is 7.29. The average Bonchev–Trinajstić information content (AvgIpc) is 3.36. The summed E-state index contributed by atoms with van der Waals surface area (Å²) in [4.78, 5) is 15.2. The Kier molecular flexibility index (Phi) is 6.83. The highest BCUT2D eigenvalue weighted by molar-refractivity contribution is 7.99. The lowest BCUT2D eigenvalue weighted by Crippen LogP contribution is -2.33. The van der Waals surface area contributed by atoms with Gasteiger partial charge in [0.1, 0.15) is 0 Å². The van der Waals surface area contributed by atoms with E-state index in [0.717, 1.165) is 32.9 Å². The van der Waals surface area contributed by atoms with Crippen molar-refractivity contribution < 1.29 is 19.4 Å². The molecule has 0 saturated carbocycles. The monoisotopic (exact) mass is 473 g/mol. The number of allylic oxidation sites excluding steroid dienone is 6. The predicted octanol–water partition coefficient (Wildman–Crippen LogP) is 4.74. The van der Waals surface area contributed by atoms with Gasteiger partial charge in [0, 0.05) is 33.0 Å². The second kappa shape index (κ2) is 10.2. The first-order chi connectivity index (χ1) is 16.7. The van der Waals surface area contributed by atoms with Crippen molar-refractivity contribution in [3.05, 3.63) is 107 Å². The average molecular weight is 474 g/mol. The van der Waals surface area contributed by atoms with Crippen LogP contribution in [0.4, 0.5) is 0 Å². The molecule has 1 fully saturated rings. The second-order valence-corrected chi connectivity index (χ2v) is 9.45. The number of benzene rings is 2. The Labute approximate surface area is 203 Å². The summed E-state index contributed by atoms with van der Waals surface area (Å²) in [6.45, 7) is 1.65. The molecule has 1 saturated heterocycles. The SMILES string of the molecule is O=C(NCC1C=CC(/C=C/C=C/CO)=CC1)c1ccc2c(c1)C1(OCCO1)c1ccccc1S2. The summed E-state index contributed by atoms with van der Waals surface area (Å²) in [5, 5.41) is 11.9. The Hall–Kier alpha value is -2.90. The van der Waals surface area contributed by atoms with Crippen LogP contribution in [0, 0.1) is 5.92 Å². The van der Waals surface area contributed by atoms with E-state index in [-0.39, 0.29) is 18.4 Å².